The van der Waals surface area contributed by atoms with Gasteiger partial charge in [0.05, 0.1) is 41.3 Å². The number of H-pyrrole nitrogens is 2. The summed E-state index contributed by atoms with van der Waals surface area (Å²) in [5.41, 5.74) is 6.18. The number of hydrogen-bond acceptors (Lipinski definition) is 7. The summed E-state index contributed by atoms with van der Waals surface area (Å²) in [6.45, 7) is 0. The summed E-state index contributed by atoms with van der Waals surface area (Å²) >= 11 is 0. The number of piperidine rings is 2. The number of methoxy groups -OCH3 is 1. The fourth-order valence-corrected chi connectivity index (χ4v) is 9.97. The lowest BCUT2D eigenvalue weighted by Crippen LogP contribution is -2.44. The Morgan fingerprint density at radius 3 is 1.87 bits per heavy atom. The Bertz CT molecular complexity index is 3050. The highest BCUT2D eigenvalue weighted by molar-refractivity contribution is 6.04. The van der Waals surface area contributed by atoms with Crippen molar-refractivity contribution in [2.75, 3.05) is 7.11 Å². The predicted molar refractivity (Wildman–Crippen MR) is 233 cm³/mol. The van der Waals surface area contributed by atoms with Crippen molar-refractivity contribution in [3.05, 3.63) is 143 Å². The van der Waals surface area contributed by atoms with E-state index in [0.717, 1.165) is 69.6 Å². The largest absolute Gasteiger partial charge is 0.465 e. The number of aromatic amines is 2. The van der Waals surface area contributed by atoms with Crippen LogP contribution in [-0.2, 0) is 14.3 Å². The van der Waals surface area contributed by atoms with Gasteiger partial charge >= 0.3 is 12.2 Å². The zero-order valence-corrected chi connectivity index (χ0v) is 34.1. The third-order valence-electron chi connectivity index (χ3n) is 13.2. The molecule has 4 fully saturated rings. The number of fused-ring (bicyclic) bond motifs is 6. The van der Waals surface area contributed by atoms with Crippen molar-refractivity contribution < 1.29 is 29.0 Å². The first-order chi connectivity index (χ1) is 30.7. The molecule has 7 aromatic rings. The number of likely N-dealkylation sites (tertiary alicyclic amines) is 2. The number of carbonyl (C=O) groups excluding carboxylic acids is 3. The standard InChI is InChI=1S/C49H42N8O6/c1-63-49(62)55-42(29-10-6-3-7-11-29)47(59)56-37-22-31(37)24-39(56)44-50-34-18-15-27(21-36(34)52-44)13-12-26-14-17-33-30(20-26)16-19-35-43(33)53-45(51-35)40-25-32-23-38(32)57(40)46(58)41(54-48(60)61)28-8-4-2-5-9-28/h2-11,14-21,31-32,37-42,54H,22-25H2,1H3,(H,50,52)(H,51,53)(H,55,62)(H,60,61)/t31-,32+,37+,38+,39-,40-,41+,42+/m0/s1. The van der Waals surface area contributed by atoms with Crippen LogP contribution in [0, 0.1) is 23.7 Å². The topological polar surface area (TPSA) is 186 Å². The number of hydrogen-bond donors (Lipinski definition) is 5. The monoisotopic (exact) mass is 838 g/mol. The highest BCUT2D eigenvalue weighted by Gasteiger charge is 2.57. The molecule has 14 heteroatoms. The zero-order valence-electron chi connectivity index (χ0n) is 34.1. The lowest BCUT2D eigenvalue weighted by atomic mass is 10.0. The van der Waals surface area contributed by atoms with Crippen LogP contribution in [-0.4, -0.2) is 78.0 Å². The SMILES string of the molecule is COC(=O)N[C@@H](C(=O)N1[C@@H]2C[C@H]2C[C@H]1c1nc2ccc(C#Cc3ccc4c(ccc5[nH]c([C@@H]6C[C@H]7C[C@H]7N6C(=O)[C@H](NC(=O)O)c6ccccc6)nc54)c3)cc2[nH]1)c1ccccc1. The van der Waals surface area contributed by atoms with Crippen molar-refractivity contribution in [1.29, 1.82) is 0 Å². The third-order valence-corrected chi connectivity index (χ3v) is 13.2. The number of imidazole rings is 2. The van der Waals surface area contributed by atoms with E-state index in [9.17, 15) is 24.3 Å². The Balaban J connectivity index is 0.829. The first-order valence-corrected chi connectivity index (χ1v) is 21.2. The van der Waals surface area contributed by atoms with Gasteiger partial charge in [0.2, 0.25) is 0 Å². The van der Waals surface area contributed by atoms with E-state index >= 15 is 0 Å². The van der Waals surface area contributed by atoms with Gasteiger partial charge in [-0.1, -0.05) is 84.6 Å². The highest BCUT2D eigenvalue weighted by atomic mass is 16.5. The third kappa shape index (κ3) is 6.95. The molecule has 0 bridgehead atoms. The van der Waals surface area contributed by atoms with E-state index in [4.69, 9.17) is 14.7 Å². The van der Waals surface area contributed by atoms with Crippen molar-refractivity contribution >= 4 is 56.8 Å². The van der Waals surface area contributed by atoms with Crippen LogP contribution in [0.3, 0.4) is 0 Å². The quantitative estimate of drug-likeness (QED) is 0.0979. The molecule has 4 amide bonds. The number of nitrogens with one attached hydrogen (secondary N) is 4. The van der Waals surface area contributed by atoms with E-state index in [1.54, 1.807) is 24.3 Å². The summed E-state index contributed by atoms with van der Waals surface area (Å²) < 4.78 is 4.87. The average molecular weight is 839 g/mol. The number of aromatic nitrogens is 4. The van der Waals surface area contributed by atoms with Gasteiger partial charge in [0.15, 0.2) is 0 Å². The van der Waals surface area contributed by atoms with Gasteiger partial charge in [0, 0.05) is 28.6 Å². The van der Waals surface area contributed by atoms with Crippen LogP contribution in [0.25, 0.3) is 32.8 Å². The fourth-order valence-electron chi connectivity index (χ4n) is 9.97. The van der Waals surface area contributed by atoms with E-state index in [0.29, 0.717) is 34.6 Å². The molecule has 2 saturated carbocycles. The maximum absolute atomic E-state index is 14.2. The highest BCUT2D eigenvalue weighted by Crippen LogP contribution is 2.55. The molecule has 2 saturated heterocycles. The summed E-state index contributed by atoms with van der Waals surface area (Å²) in [5.74, 6) is 8.32. The van der Waals surface area contributed by atoms with Gasteiger partial charge in [0.25, 0.3) is 11.8 Å². The minimum absolute atomic E-state index is 0.0571. The van der Waals surface area contributed by atoms with Gasteiger partial charge in [0.1, 0.15) is 23.7 Å². The van der Waals surface area contributed by atoms with Crippen molar-refractivity contribution in [3.63, 3.8) is 0 Å². The lowest BCUT2D eigenvalue weighted by molar-refractivity contribution is -0.136. The average Bonchev–Trinajstić information content (AvgIpc) is 3.96. The Kier molecular flexibility index (Phi) is 9.15. The molecule has 0 radical (unpaired) electrons. The van der Waals surface area contributed by atoms with E-state index in [1.165, 1.54) is 7.11 Å². The number of carbonyl (C=O) groups is 4. The second kappa shape index (κ2) is 15.1. The molecule has 14 nitrogen and oxygen atoms in total. The molecule has 314 valence electrons. The molecule has 2 aliphatic carbocycles. The first-order valence-electron chi connectivity index (χ1n) is 21.2. The van der Waals surface area contributed by atoms with Crippen LogP contribution in [0.15, 0.2) is 109 Å². The predicted octanol–water partition coefficient (Wildman–Crippen LogP) is 7.42. The number of carboxylic acid groups (broad SMARTS) is 1. The van der Waals surface area contributed by atoms with Crippen LogP contribution in [0.1, 0.15) is 83.8 Å². The van der Waals surface area contributed by atoms with Crippen LogP contribution in [0.5, 0.6) is 0 Å². The maximum Gasteiger partial charge on any atom is 0.407 e. The van der Waals surface area contributed by atoms with Crippen LogP contribution < -0.4 is 10.6 Å². The number of alkyl carbamates (subject to hydrolysis) is 1. The van der Waals surface area contributed by atoms with E-state index in [-0.39, 0.29) is 36.0 Å². The van der Waals surface area contributed by atoms with Crippen LogP contribution in [0.4, 0.5) is 9.59 Å². The number of nitrogens with zero attached hydrogens (tertiary/aromatic N) is 4. The minimum Gasteiger partial charge on any atom is -0.465 e. The maximum atomic E-state index is 14.2. The molecule has 2 aromatic heterocycles. The fraction of sp³-hybridized carbons (Fsp3) is 0.265. The van der Waals surface area contributed by atoms with Gasteiger partial charge in [-0.3, -0.25) is 9.59 Å². The molecule has 11 rings (SSSR count). The zero-order chi connectivity index (χ0) is 42.9. The normalized spacial score (nSPS) is 22.7. The van der Waals surface area contributed by atoms with Gasteiger partial charge in [-0.25, -0.2) is 19.6 Å². The molecular formula is C49H42N8O6. The number of rotatable bonds is 8. The summed E-state index contributed by atoms with van der Waals surface area (Å²) in [5, 5.41) is 16.8. The number of amides is 4. The van der Waals surface area contributed by atoms with Gasteiger partial charge < -0.3 is 40.2 Å². The van der Waals surface area contributed by atoms with Crippen molar-refractivity contribution in [3.8, 4) is 11.8 Å². The molecule has 4 heterocycles. The number of ether oxygens (including phenoxy) is 1. The molecule has 63 heavy (non-hydrogen) atoms. The lowest BCUT2D eigenvalue weighted by Gasteiger charge is -2.30. The number of benzene rings is 5. The molecule has 0 spiro atoms. The van der Waals surface area contributed by atoms with Crippen molar-refractivity contribution in [2.45, 2.75) is 61.9 Å². The van der Waals surface area contributed by atoms with Gasteiger partial charge in [-0.15, -0.1) is 0 Å². The summed E-state index contributed by atoms with van der Waals surface area (Å²) in [7, 11) is 1.29. The van der Waals surface area contributed by atoms with Gasteiger partial charge in [-0.05, 0) is 90.4 Å². The van der Waals surface area contributed by atoms with Crippen molar-refractivity contribution in [2.24, 2.45) is 11.8 Å². The van der Waals surface area contributed by atoms with Gasteiger partial charge in [-0.2, -0.15) is 0 Å². The summed E-state index contributed by atoms with van der Waals surface area (Å²) in [6, 6.07) is 31.8. The Morgan fingerprint density at radius 1 is 0.683 bits per heavy atom. The molecule has 8 atom stereocenters. The molecule has 4 aliphatic rings. The van der Waals surface area contributed by atoms with E-state index in [1.807, 2.05) is 94.7 Å². The van der Waals surface area contributed by atoms with Crippen LogP contribution in [0.2, 0.25) is 0 Å². The molecule has 0 unspecified atom stereocenters. The molecule has 5 aromatic carbocycles. The second-order valence-electron chi connectivity index (χ2n) is 17.0. The Hall–Kier alpha value is -7.66. The summed E-state index contributed by atoms with van der Waals surface area (Å²) in [6.07, 6.45) is 1.46. The smallest absolute Gasteiger partial charge is 0.407 e. The first kappa shape index (κ1) is 38.3. The summed E-state index contributed by atoms with van der Waals surface area (Å²) in [4.78, 5) is 73.2. The molecule has 2 aliphatic heterocycles. The minimum atomic E-state index is -1.25. The van der Waals surface area contributed by atoms with E-state index in [2.05, 4.69) is 32.4 Å². The van der Waals surface area contributed by atoms with Crippen molar-refractivity contribution in [1.82, 2.24) is 40.4 Å². The Labute approximate surface area is 361 Å². The van der Waals surface area contributed by atoms with E-state index < -0.39 is 24.3 Å². The second-order valence-corrected chi connectivity index (χ2v) is 17.0. The molecular weight excluding hydrogens is 797 g/mol. The molecule has 5 N–H and O–H groups in total. The Morgan fingerprint density at radius 2 is 1.25 bits per heavy atom. The van der Waals surface area contributed by atoms with Crippen LogP contribution >= 0.6 is 0 Å².